The zero-order valence-electron chi connectivity index (χ0n) is 6.17. The van der Waals surface area contributed by atoms with Crippen molar-refractivity contribution in [3.05, 3.63) is 0 Å². The summed E-state index contributed by atoms with van der Waals surface area (Å²) in [4.78, 5) is 0. The molecule has 1 saturated heterocycles. The van der Waals surface area contributed by atoms with Crippen molar-refractivity contribution in [2.75, 3.05) is 6.61 Å². The summed E-state index contributed by atoms with van der Waals surface area (Å²) in [6, 6.07) is 0. The highest BCUT2D eigenvalue weighted by molar-refractivity contribution is 4.90. The summed E-state index contributed by atoms with van der Waals surface area (Å²) in [5.74, 6) is 0. The molecule has 1 rings (SSSR count). The maximum atomic E-state index is 12.9. The lowest BCUT2D eigenvalue weighted by Crippen LogP contribution is -2.37. The molecule has 6 heteroatoms. The van der Waals surface area contributed by atoms with Crippen molar-refractivity contribution in [1.29, 1.82) is 0 Å². The maximum Gasteiger partial charge on any atom is 0.184 e. The first-order valence-corrected chi connectivity index (χ1v) is 3.52. The van der Waals surface area contributed by atoms with Crippen LogP contribution in [-0.2, 0) is 4.74 Å². The zero-order valence-corrected chi connectivity index (χ0v) is 6.17. The van der Waals surface area contributed by atoms with E-state index in [2.05, 4.69) is 4.74 Å². The van der Waals surface area contributed by atoms with Gasteiger partial charge >= 0.3 is 0 Å². The second kappa shape index (κ2) is 3.63. The summed E-state index contributed by atoms with van der Waals surface area (Å²) < 4.78 is 17.3. The Balaban J connectivity index is 2.58. The Morgan fingerprint density at radius 3 is 2.33 bits per heavy atom. The van der Waals surface area contributed by atoms with Crippen LogP contribution in [0.3, 0.4) is 0 Å². The molecule has 72 valence electrons. The zero-order chi connectivity index (χ0) is 9.30. The van der Waals surface area contributed by atoms with E-state index in [4.69, 9.17) is 20.4 Å². The van der Waals surface area contributed by atoms with Gasteiger partial charge in [-0.3, -0.25) is 0 Å². The fraction of sp³-hybridized carbons (Fsp3) is 1.00. The Labute approximate surface area is 68.0 Å². The molecule has 0 saturated carbocycles. The molecular formula is C6H11FO5. The van der Waals surface area contributed by atoms with Crippen molar-refractivity contribution in [2.24, 2.45) is 0 Å². The van der Waals surface area contributed by atoms with Gasteiger partial charge in [-0.05, 0) is 0 Å². The summed E-state index contributed by atoms with van der Waals surface area (Å²) in [7, 11) is 0. The molecule has 0 unspecified atom stereocenters. The predicted molar refractivity (Wildman–Crippen MR) is 34.9 cm³/mol. The molecule has 0 radical (unpaired) electrons. The van der Waals surface area contributed by atoms with Crippen molar-refractivity contribution >= 4 is 0 Å². The van der Waals surface area contributed by atoms with Gasteiger partial charge in [-0.2, -0.15) is 0 Å². The van der Waals surface area contributed by atoms with Crippen LogP contribution in [0.1, 0.15) is 0 Å². The number of hydrogen-bond donors (Lipinski definition) is 4. The van der Waals surface area contributed by atoms with Crippen LogP contribution in [-0.4, -0.2) is 57.8 Å². The fourth-order valence-corrected chi connectivity index (χ4v) is 1.07. The lowest BCUT2D eigenvalue weighted by atomic mass is 10.1. The number of ether oxygens (including phenoxy) is 1. The van der Waals surface area contributed by atoms with Gasteiger partial charge in [-0.1, -0.05) is 0 Å². The molecule has 4 N–H and O–H groups in total. The molecule has 0 amide bonds. The van der Waals surface area contributed by atoms with Crippen LogP contribution in [0.5, 0.6) is 0 Å². The fourth-order valence-electron chi connectivity index (χ4n) is 1.07. The number of alkyl halides is 1. The topological polar surface area (TPSA) is 90.2 Å². The van der Waals surface area contributed by atoms with E-state index in [1.807, 2.05) is 0 Å². The summed E-state index contributed by atoms with van der Waals surface area (Å²) in [5, 5.41) is 35.0. The molecule has 1 aliphatic rings. The molecule has 0 aromatic heterocycles. The van der Waals surface area contributed by atoms with Gasteiger partial charge in [0.2, 0.25) is 0 Å². The quantitative estimate of drug-likeness (QED) is 0.387. The molecule has 0 aromatic carbocycles. The maximum absolute atomic E-state index is 12.9. The molecule has 1 fully saturated rings. The van der Waals surface area contributed by atoms with Gasteiger partial charge in [0.25, 0.3) is 0 Å². The molecule has 0 aliphatic carbocycles. The second-order valence-electron chi connectivity index (χ2n) is 2.68. The number of aliphatic hydroxyl groups excluding tert-OH is 4. The minimum Gasteiger partial charge on any atom is -0.394 e. The Morgan fingerprint density at radius 2 is 2.00 bits per heavy atom. The number of halogens is 1. The molecule has 12 heavy (non-hydrogen) atoms. The Morgan fingerprint density at radius 1 is 1.42 bits per heavy atom. The number of rotatable bonds is 2. The van der Waals surface area contributed by atoms with E-state index >= 15 is 0 Å². The largest absolute Gasteiger partial charge is 0.394 e. The average Bonchev–Trinajstić information content (AvgIpc) is 2.32. The van der Waals surface area contributed by atoms with E-state index in [0.717, 1.165) is 0 Å². The van der Waals surface area contributed by atoms with Gasteiger partial charge in [0, 0.05) is 0 Å². The van der Waals surface area contributed by atoms with Gasteiger partial charge < -0.3 is 25.2 Å². The van der Waals surface area contributed by atoms with Crippen LogP contribution in [0.25, 0.3) is 0 Å². The van der Waals surface area contributed by atoms with Crippen LogP contribution in [0.4, 0.5) is 4.39 Å². The highest BCUT2D eigenvalue weighted by atomic mass is 19.1. The molecule has 5 atom stereocenters. The SMILES string of the molecule is OC[C@@H](O)[C@H]1O[C@H](O)[C@H](O)[C@H]1F. The summed E-state index contributed by atoms with van der Waals surface area (Å²) in [6.45, 7) is -0.676. The Bertz CT molecular complexity index is 155. The minimum atomic E-state index is -1.87. The lowest BCUT2D eigenvalue weighted by Gasteiger charge is -2.16. The minimum absolute atomic E-state index is 0.676. The first-order chi connectivity index (χ1) is 5.57. The van der Waals surface area contributed by atoms with Crippen molar-refractivity contribution in [2.45, 2.75) is 30.8 Å². The third-order valence-electron chi connectivity index (χ3n) is 1.80. The van der Waals surface area contributed by atoms with Gasteiger partial charge in [0.15, 0.2) is 12.5 Å². The smallest absolute Gasteiger partial charge is 0.184 e. The van der Waals surface area contributed by atoms with Crippen LogP contribution in [0, 0.1) is 0 Å². The third-order valence-corrected chi connectivity index (χ3v) is 1.80. The molecule has 1 aliphatic heterocycles. The van der Waals surface area contributed by atoms with Crippen LogP contribution in [0.2, 0.25) is 0 Å². The molecule has 0 aromatic rings. The highest BCUT2D eigenvalue weighted by Crippen LogP contribution is 2.24. The predicted octanol–water partition coefficient (Wildman–Crippen LogP) is -2.24. The van der Waals surface area contributed by atoms with Crippen LogP contribution in [0.15, 0.2) is 0 Å². The summed E-state index contributed by atoms with van der Waals surface area (Å²) >= 11 is 0. The van der Waals surface area contributed by atoms with Gasteiger partial charge in [-0.15, -0.1) is 0 Å². The summed E-state index contributed by atoms with van der Waals surface area (Å²) in [5.41, 5.74) is 0. The normalized spacial score (nSPS) is 44.8. The monoisotopic (exact) mass is 182 g/mol. The number of aliphatic hydroxyl groups is 4. The lowest BCUT2D eigenvalue weighted by molar-refractivity contribution is -0.149. The second-order valence-corrected chi connectivity index (χ2v) is 2.68. The van der Waals surface area contributed by atoms with E-state index in [0.29, 0.717) is 0 Å². The van der Waals surface area contributed by atoms with E-state index in [-0.39, 0.29) is 0 Å². The third kappa shape index (κ3) is 1.57. The first kappa shape index (κ1) is 9.82. The van der Waals surface area contributed by atoms with E-state index in [1.165, 1.54) is 0 Å². The molecule has 5 nitrogen and oxygen atoms in total. The molecule has 0 spiro atoms. The van der Waals surface area contributed by atoms with Gasteiger partial charge in [0.1, 0.15) is 18.3 Å². The van der Waals surface area contributed by atoms with Crippen molar-refractivity contribution in [3.8, 4) is 0 Å². The van der Waals surface area contributed by atoms with Crippen molar-refractivity contribution in [1.82, 2.24) is 0 Å². The average molecular weight is 182 g/mol. The van der Waals surface area contributed by atoms with Crippen molar-refractivity contribution < 1.29 is 29.6 Å². The highest BCUT2D eigenvalue weighted by Gasteiger charge is 2.46. The van der Waals surface area contributed by atoms with Crippen LogP contribution >= 0.6 is 0 Å². The number of hydrogen-bond acceptors (Lipinski definition) is 5. The van der Waals surface area contributed by atoms with Gasteiger partial charge in [-0.25, -0.2) is 4.39 Å². The molecular weight excluding hydrogens is 171 g/mol. The summed E-state index contributed by atoms with van der Waals surface area (Å²) in [6.07, 6.45) is -7.95. The van der Waals surface area contributed by atoms with Crippen molar-refractivity contribution in [3.63, 3.8) is 0 Å². The Hall–Kier alpha value is -0.270. The van der Waals surface area contributed by atoms with E-state index in [1.54, 1.807) is 0 Å². The Kier molecular flexibility index (Phi) is 2.97. The van der Waals surface area contributed by atoms with E-state index < -0.39 is 37.4 Å². The standard InChI is InChI=1S/C6H11FO5/c7-3-4(10)6(11)12-5(3)2(9)1-8/h2-6,8-11H,1H2/t2-,3-,4-,5-,6+/m1/s1. The first-order valence-electron chi connectivity index (χ1n) is 3.52. The van der Waals surface area contributed by atoms with Crippen LogP contribution < -0.4 is 0 Å². The van der Waals surface area contributed by atoms with Gasteiger partial charge in [0.05, 0.1) is 6.61 Å². The van der Waals surface area contributed by atoms with E-state index in [9.17, 15) is 4.39 Å². The molecule has 1 heterocycles. The molecule has 0 bridgehead atoms.